The zero-order valence-electron chi connectivity index (χ0n) is 32.4. The molecule has 0 aliphatic carbocycles. The van der Waals surface area contributed by atoms with E-state index in [4.69, 9.17) is 37.9 Å². The van der Waals surface area contributed by atoms with Gasteiger partial charge in [0, 0.05) is 19.8 Å². The van der Waals surface area contributed by atoms with Crippen molar-refractivity contribution in [2.45, 2.75) is 52.9 Å². The van der Waals surface area contributed by atoms with Gasteiger partial charge < -0.3 is 37.9 Å². The van der Waals surface area contributed by atoms with Gasteiger partial charge in [-0.25, -0.2) is 24.0 Å². The Hall–Kier alpha value is -5.27. The highest BCUT2D eigenvalue weighted by atomic mass is 16.6. The normalized spacial score (nSPS) is 11.1. The van der Waals surface area contributed by atoms with Crippen LogP contribution in [0.3, 0.4) is 0 Å². The number of hydrogen-bond donors (Lipinski definition) is 0. The highest BCUT2D eigenvalue weighted by Gasteiger charge is 2.39. The topological polar surface area (TPSA) is 159 Å². The molecule has 0 N–H and O–H groups in total. The summed E-state index contributed by atoms with van der Waals surface area (Å²) < 4.78 is 41.6. The maximum atomic E-state index is 12.6. The summed E-state index contributed by atoms with van der Waals surface area (Å²) in [7, 11) is 2.79. The fraction of sp³-hybridized carbons (Fsp3) is 0.452. The average Bonchev–Trinajstić information content (AvgIpc) is 3.19. The molecule has 0 aliphatic heterocycles. The molecular formula is C42H52O13. The molecule has 0 unspecified atom stereocenters. The van der Waals surface area contributed by atoms with E-state index in [1.54, 1.807) is 6.07 Å². The van der Waals surface area contributed by atoms with Gasteiger partial charge in [0.2, 0.25) is 0 Å². The summed E-state index contributed by atoms with van der Waals surface area (Å²) in [6, 6.07) is 18.6. The molecule has 0 aromatic heterocycles. The van der Waals surface area contributed by atoms with Crippen LogP contribution in [0.15, 0.2) is 66.7 Å². The Morgan fingerprint density at radius 2 is 1.13 bits per heavy atom. The standard InChI is InChI=1S/C42H52O13/c1-7-9-10-11-30-12-13-33-24-34(15-14-32(33)22-30)35-16-17-36(31(8-2)23-35)52-25-42(26-53-37(43)29(3)4,27-54-40(46)38(44)50-20-18-48-5)28-55-41(47)39(45)51-21-19-49-6/h12-17,22-24H,3,7-11,18-21,25-28H2,1-2,4-6H3. The lowest BCUT2D eigenvalue weighted by atomic mass is 9.91. The van der Waals surface area contributed by atoms with Crippen molar-refractivity contribution in [3.8, 4) is 16.9 Å². The maximum absolute atomic E-state index is 12.6. The number of hydrogen-bond acceptors (Lipinski definition) is 13. The van der Waals surface area contributed by atoms with Crippen LogP contribution in [0.4, 0.5) is 0 Å². The summed E-state index contributed by atoms with van der Waals surface area (Å²) in [5, 5.41) is 2.29. The average molecular weight is 765 g/mol. The highest BCUT2D eigenvalue weighted by molar-refractivity contribution is 6.30. The molecule has 0 fully saturated rings. The Morgan fingerprint density at radius 1 is 0.600 bits per heavy atom. The van der Waals surface area contributed by atoms with E-state index >= 15 is 0 Å². The van der Waals surface area contributed by atoms with E-state index in [-0.39, 0.29) is 38.6 Å². The van der Waals surface area contributed by atoms with Crippen LogP contribution in [-0.4, -0.2) is 96.9 Å². The Labute approximate surface area is 322 Å². The molecule has 0 saturated carbocycles. The van der Waals surface area contributed by atoms with Crippen molar-refractivity contribution in [3.05, 3.63) is 77.9 Å². The fourth-order valence-corrected chi connectivity index (χ4v) is 5.32. The van der Waals surface area contributed by atoms with Gasteiger partial charge in [0.15, 0.2) is 0 Å². The lowest BCUT2D eigenvalue weighted by molar-refractivity contribution is -0.179. The molecule has 0 spiro atoms. The van der Waals surface area contributed by atoms with E-state index in [0.717, 1.165) is 28.5 Å². The molecule has 13 nitrogen and oxygen atoms in total. The lowest BCUT2D eigenvalue weighted by Gasteiger charge is -2.32. The molecule has 13 heteroatoms. The van der Waals surface area contributed by atoms with E-state index in [0.29, 0.717) is 12.2 Å². The van der Waals surface area contributed by atoms with Crippen LogP contribution in [-0.2, 0) is 70.0 Å². The van der Waals surface area contributed by atoms with Crippen LogP contribution in [0.25, 0.3) is 21.9 Å². The van der Waals surface area contributed by atoms with Crippen molar-refractivity contribution in [2.75, 3.05) is 67.1 Å². The second-order valence-corrected chi connectivity index (χ2v) is 13.1. The summed E-state index contributed by atoms with van der Waals surface area (Å²) in [4.78, 5) is 62.3. The molecular weight excluding hydrogens is 712 g/mol. The molecule has 3 aromatic rings. The zero-order chi connectivity index (χ0) is 40.2. The van der Waals surface area contributed by atoms with Gasteiger partial charge in [-0.15, -0.1) is 0 Å². The lowest BCUT2D eigenvalue weighted by Crippen LogP contribution is -2.45. The summed E-state index contributed by atoms with van der Waals surface area (Å²) in [6.07, 6.45) is 5.18. The second kappa shape index (κ2) is 22.8. The van der Waals surface area contributed by atoms with Gasteiger partial charge in [0.1, 0.15) is 50.8 Å². The zero-order valence-corrected chi connectivity index (χ0v) is 32.4. The molecule has 0 radical (unpaired) electrons. The van der Waals surface area contributed by atoms with Gasteiger partial charge >= 0.3 is 29.8 Å². The first-order valence-electron chi connectivity index (χ1n) is 18.2. The first-order chi connectivity index (χ1) is 26.4. The molecule has 298 valence electrons. The van der Waals surface area contributed by atoms with Gasteiger partial charge in [0.25, 0.3) is 0 Å². The maximum Gasteiger partial charge on any atom is 0.417 e. The minimum atomic E-state index is -1.63. The molecule has 0 amide bonds. The molecule has 0 heterocycles. The molecule has 0 saturated heterocycles. The second-order valence-electron chi connectivity index (χ2n) is 13.1. The number of aryl methyl sites for hydroxylation is 2. The third-order valence-corrected chi connectivity index (χ3v) is 8.53. The van der Waals surface area contributed by atoms with Crippen LogP contribution in [0, 0.1) is 5.41 Å². The van der Waals surface area contributed by atoms with Crippen molar-refractivity contribution in [1.29, 1.82) is 0 Å². The molecule has 0 aliphatic rings. The van der Waals surface area contributed by atoms with Gasteiger partial charge in [-0.1, -0.05) is 69.7 Å². The van der Waals surface area contributed by atoms with Crippen LogP contribution < -0.4 is 4.74 Å². The number of ether oxygens (including phenoxy) is 8. The van der Waals surface area contributed by atoms with Crippen LogP contribution in [0.5, 0.6) is 5.75 Å². The quantitative estimate of drug-likeness (QED) is 0.0401. The predicted octanol–water partition coefficient (Wildman–Crippen LogP) is 5.75. The highest BCUT2D eigenvalue weighted by Crippen LogP contribution is 2.32. The van der Waals surface area contributed by atoms with Crippen molar-refractivity contribution < 1.29 is 61.9 Å². The Balaban J connectivity index is 1.90. The first kappa shape index (κ1) is 44.1. The molecule has 3 aromatic carbocycles. The summed E-state index contributed by atoms with van der Waals surface area (Å²) in [6.45, 7) is 6.66. The van der Waals surface area contributed by atoms with Crippen molar-refractivity contribution in [1.82, 2.24) is 0 Å². The summed E-state index contributed by atoms with van der Waals surface area (Å²) in [5.74, 6) is -5.65. The SMILES string of the molecule is C=C(C)C(=O)OCC(COC(=O)C(=O)OCCOC)(COC(=O)C(=O)OCCOC)COc1ccc(-c2ccc3cc(CCCCC)ccc3c2)cc1CC. The Kier molecular flexibility index (Phi) is 18.3. The van der Waals surface area contributed by atoms with Crippen LogP contribution in [0.2, 0.25) is 0 Å². The number of methoxy groups -OCH3 is 2. The minimum Gasteiger partial charge on any atom is -0.492 e. The van der Waals surface area contributed by atoms with Gasteiger partial charge in [-0.2, -0.15) is 0 Å². The molecule has 55 heavy (non-hydrogen) atoms. The summed E-state index contributed by atoms with van der Waals surface area (Å²) in [5.41, 5.74) is 2.56. The van der Waals surface area contributed by atoms with Crippen molar-refractivity contribution >= 4 is 40.6 Å². The van der Waals surface area contributed by atoms with Crippen molar-refractivity contribution in [3.63, 3.8) is 0 Å². The van der Waals surface area contributed by atoms with E-state index < -0.39 is 55.1 Å². The number of unbranched alkanes of at least 4 members (excludes halogenated alkanes) is 2. The number of rotatable bonds is 22. The smallest absolute Gasteiger partial charge is 0.417 e. The Bertz CT molecular complexity index is 1740. The van der Waals surface area contributed by atoms with E-state index in [1.165, 1.54) is 51.4 Å². The first-order valence-corrected chi connectivity index (χ1v) is 18.2. The third kappa shape index (κ3) is 14.1. The van der Waals surface area contributed by atoms with Crippen LogP contribution >= 0.6 is 0 Å². The predicted molar refractivity (Wildman–Crippen MR) is 203 cm³/mol. The fourth-order valence-electron chi connectivity index (χ4n) is 5.32. The molecule has 3 rings (SSSR count). The number of carbonyl (C=O) groups is 5. The summed E-state index contributed by atoms with van der Waals surface area (Å²) >= 11 is 0. The largest absolute Gasteiger partial charge is 0.492 e. The van der Waals surface area contributed by atoms with Crippen LogP contribution in [0.1, 0.15) is 51.2 Å². The van der Waals surface area contributed by atoms with E-state index in [2.05, 4.69) is 49.9 Å². The third-order valence-electron chi connectivity index (χ3n) is 8.53. The Morgan fingerprint density at radius 3 is 1.69 bits per heavy atom. The number of carbonyl (C=O) groups excluding carboxylic acids is 5. The van der Waals surface area contributed by atoms with Gasteiger partial charge in [0.05, 0.1) is 13.2 Å². The molecule has 0 atom stereocenters. The minimum absolute atomic E-state index is 0.0452. The number of esters is 5. The van der Waals surface area contributed by atoms with Crippen molar-refractivity contribution in [2.24, 2.45) is 5.41 Å². The number of benzene rings is 3. The number of fused-ring (bicyclic) bond motifs is 1. The van der Waals surface area contributed by atoms with E-state index in [9.17, 15) is 24.0 Å². The monoisotopic (exact) mass is 764 g/mol. The van der Waals surface area contributed by atoms with E-state index in [1.807, 2.05) is 19.1 Å². The molecule has 0 bridgehead atoms. The van der Waals surface area contributed by atoms with Gasteiger partial charge in [-0.3, -0.25) is 0 Å². The van der Waals surface area contributed by atoms with Gasteiger partial charge in [-0.05, 0) is 77.4 Å².